The molecule has 0 saturated carbocycles. The van der Waals surface area contributed by atoms with Gasteiger partial charge in [-0.15, -0.1) is 0 Å². The fourth-order valence-corrected chi connectivity index (χ4v) is 2.54. The minimum Gasteiger partial charge on any atom is -0.478 e. The summed E-state index contributed by atoms with van der Waals surface area (Å²) in [5, 5.41) is 14.5. The fraction of sp³-hybridized carbons (Fsp3) is 0.125. The summed E-state index contributed by atoms with van der Waals surface area (Å²) in [5.41, 5.74) is 2.32. The van der Waals surface area contributed by atoms with Crippen LogP contribution in [0.5, 0.6) is 0 Å². The van der Waals surface area contributed by atoms with Crippen LogP contribution in [-0.2, 0) is 6.54 Å². The van der Waals surface area contributed by atoms with Gasteiger partial charge < -0.3 is 15.7 Å². The highest BCUT2D eigenvalue weighted by Crippen LogP contribution is 2.25. The summed E-state index contributed by atoms with van der Waals surface area (Å²) >= 11 is 3.20. The molecule has 0 radical (unpaired) electrons. The van der Waals surface area contributed by atoms with E-state index in [2.05, 4.69) is 26.6 Å². The molecular weight excluding hydrogens is 348 g/mol. The lowest BCUT2D eigenvalue weighted by molar-refractivity contribution is 0.0696. The van der Waals surface area contributed by atoms with Gasteiger partial charge in [-0.3, -0.25) is 0 Å². The highest BCUT2D eigenvalue weighted by Gasteiger charge is 2.13. The Morgan fingerprint density at radius 2 is 1.86 bits per heavy atom. The predicted octanol–water partition coefficient (Wildman–Crippen LogP) is 3.78. The Hall–Kier alpha value is -2.34. The molecule has 0 saturated heterocycles. The Balaban J connectivity index is 2.05. The Labute approximate surface area is 136 Å². The molecule has 2 aromatic rings. The minimum atomic E-state index is -1.06. The van der Waals surface area contributed by atoms with Gasteiger partial charge >= 0.3 is 12.0 Å². The highest BCUT2D eigenvalue weighted by molar-refractivity contribution is 9.10. The number of hydrogen-bond acceptors (Lipinski definition) is 2. The van der Waals surface area contributed by atoms with Crippen molar-refractivity contribution in [3.05, 3.63) is 63.6 Å². The predicted molar refractivity (Wildman–Crippen MR) is 88.1 cm³/mol. The van der Waals surface area contributed by atoms with Crippen molar-refractivity contribution in [3.63, 3.8) is 0 Å². The third-order valence-corrected chi connectivity index (χ3v) is 3.74. The number of carboxylic acids is 1. The zero-order valence-corrected chi connectivity index (χ0v) is 13.5. The van der Waals surface area contributed by atoms with E-state index in [-0.39, 0.29) is 11.6 Å². The van der Waals surface area contributed by atoms with Crippen LogP contribution < -0.4 is 10.6 Å². The van der Waals surface area contributed by atoms with Crippen molar-refractivity contribution in [2.75, 3.05) is 5.32 Å². The van der Waals surface area contributed by atoms with E-state index in [0.717, 1.165) is 11.1 Å². The summed E-state index contributed by atoms with van der Waals surface area (Å²) in [6.45, 7) is 2.19. The summed E-state index contributed by atoms with van der Waals surface area (Å²) < 4.78 is 0.479. The first kappa shape index (κ1) is 16.0. The number of carbonyl (C=O) groups excluding carboxylic acids is 1. The van der Waals surface area contributed by atoms with Gasteiger partial charge in [0, 0.05) is 16.7 Å². The summed E-state index contributed by atoms with van der Waals surface area (Å²) in [4.78, 5) is 23.0. The first-order valence-corrected chi connectivity index (χ1v) is 7.39. The minimum absolute atomic E-state index is 0.101. The number of halogens is 1. The second-order valence-electron chi connectivity index (χ2n) is 4.75. The van der Waals surface area contributed by atoms with Gasteiger partial charge in [0.05, 0.1) is 5.56 Å². The van der Waals surface area contributed by atoms with Crippen molar-refractivity contribution < 1.29 is 14.7 Å². The zero-order valence-electron chi connectivity index (χ0n) is 11.9. The van der Waals surface area contributed by atoms with E-state index in [9.17, 15) is 9.59 Å². The quantitative estimate of drug-likeness (QED) is 0.774. The van der Waals surface area contributed by atoms with Crippen molar-refractivity contribution >= 4 is 33.6 Å². The summed E-state index contributed by atoms with van der Waals surface area (Å²) in [7, 11) is 0. The number of aryl methyl sites for hydroxylation is 1. The van der Waals surface area contributed by atoms with Crippen LogP contribution in [0.15, 0.2) is 46.9 Å². The molecule has 2 rings (SSSR count). The van der Waals surface area contributed by atoms with E-state index < -0.39 is 5.97 Å². The van der Waals surface area contributed by atoms with E-state index in [1.54, 1.807) is 13.0 Å². The van der Waals surface area contributed by atoms with Crippen molar-refractivity contribution in [3.8, 4) is 0 Å². The largest absolute Gasteiger partial charge is 0.478 e. The van der Waals surface area contributed by atoms with Gasteiger partial charge in [0.15, 0.2) is 0 Å². The van der Waals surface area contributed by atoms with Crippen molar-refractivity contribution in [2.24, 2.45) is 0 Å². The summed E-state index contributed by atoms with van der Waals surface area (Å²) in [6, 6.07) is 12.2. The number of hydrogen-bond donors (Lipinski definition) is 3. The lowest BCUT2D eigenvalue weighted by Gasteiger charge is -2.12. The topological polar surface area (TPSA) is 78.4 Å². The molecule has 0 aliphatic heterocycles. The maximum atomic E-state index is 11.9. The number of nitrogens with one attached hydrogen (secondary N) is 2. The Morgan fingerprint density at radius 3 is 2.50 bits per heavy atom. The molecule has 0 heterocycles. The Morgan fingerprint density at radius 1 is 1.18 bits per heavy atom. The number of carboxylic acid groups (broad SMARTS) is 1. The van der Waals surface area contributed by atoms with Gasteiger partial charge in [0.2, 0.25) is 0 Å². The smallest absolute Gasteiger partial charge is 0.336 e. The average molecular weight is 363 g/mol. The Bertz CT molecular complexity index is 702. The monoisotopic (exact) mass is 362 g/mol. The number of aromatic carboxylic acids is 1. The molecule has 3 N–H and O–H groups in total. The normalized spacial score (nSPS) is 10.1. The molecule has 0 unspecified atom stereocenters. The van der Waals surface area contributed by atoms with Gasteiger partial charge in [-0.2, -0.15) is 0 Å². The van der Waals surface area contributed by atoms with Crippen LogP contribution in [0.25, 0.3) is 0 Å². The first-order valence-electron chi connectivity index (χ1n) is 6.59. The maximum absolute atomic E-state index is 11.9. The van der Waals surface area contributed by atoms with E-state index in [1.165, 1.54) is 6.07 Å². The highest BCUT2D eigenvalue weighted by atomic mass is 79.9. The van der Waals surface area contributed by atoms with Crippen molar-refractivity contribution in [1.82, 2.24) is 5.32 Å². The van der Waals surface area contributed by atoms with Gasteiger partial charge in [0.25, 0.3) is 0 Å². The molecule has 0 spiro atoms. The van der Waals surface area contributed by atoms with E-state index in [0.29, 0.717) is 16.7 Å². The molecule has 0 aliphatic carbocycles. The zero-order chi connectivity index (χ0) is 16.1. The number of amides is 2. The van der Waals surface area contributed by atoms with E-state index in [1.807, 2.05) is 30.3 Å². The maximum Gasteiger partial charge on any atom is 0.336 e. The molecule has 2 amide bonds. The summed E-state index contributed by atoms with van der Waals surface area (Å²) in [5.74, 6) is -1.06. The standard InChI is InChI=1S/C16H15BrN2O3/c1-10-7-13(17)12(15(20)21)8-14(10)19-16(22)18-9-11-5-3-2-4-6-11/h2-8H,9H2,1H3,(H,20,21)(H2,18,19,22). The molecule has 22 heavy (non-hydrogen) atoms. The van der Waals surface area contributed by atoms with Gasteiger partial charge in [-0.1, -0.05) is 30.3 Å². The first-order chi connectivity index (χ1) is 10.5. The van der Waals surface area contributed by atoms with E-state index in [4.69, 9.17) is 5.11 Å². The average Bonchev–Trinajstić information content (AvgIpc) is 2.48. The number of urea groups is 1. The second kappa shape index (κ2) is 7.09. The number of carbonyl (C=O) groups is 2. The molecule has 6 heteroatoms. The van der Waals surface area contributed by atoms with Crippen molar-refractivity contribution in [1.29, 1.82) is 0 Å². The molecular formula is C16H15BrN2O3. The third kappa shape index (κ3) is 4.08. The molecule has 0 aliphatic rings. The van der Waals surface area contributed by atoms with Crippen molar-refractivity contribution in [2.45, 2.75) is 13.5 Å². The number of benzene rings is 2. The Kier molecular flexibility index (Phi) is 5.16. The van der Waals surface area contributed by atoms with Gasteiger partial charge in [-0.05, 0) is 46.1 Å². The third-order valence-electron chi connectivity index (χ3n) is 3.09. The van der Waals surface area contributed by atoms with Crippen LogP contribution in [0.1, 0.15) is 21.5 Å². The molecule has 0 atom stereocenters. The van der Waals surface area contributed by atoms with Crippen LogP contribution in [0.2, 0.25) is 0 Å². The molecule has 5 nitrogen and oxygen atoms in total. The molecule has 0 fully saturated rings. The van der Waals surface area contributed by atoms with Crippen LogP contribution in [0.3, 0.4) is 0 Å². The number of rotatable bonds is 4. The van der Waals surface area contributed by atoms with Gasteiger partial charge in [-0.25, -0.2) is 9.59 Å². The molecule has 0 bridgehead atoms. The van der Waals surface area contributed by atoms with Crippen LogP contribution in [0.4, 0.5) is 10.5 Å². The second-order valence-corrected chi connectivity index (χ2v) is 5.60. The SMILES string of the molecule is Cc1cc(Br)c(C(=O)O)cc1NC(=O)NCc1ccccc1. The molecule has 114 valence electrons. The van der Waals surface area contributed by atoms with Gasteiger partial charge in [0.1, 0.15) is 0 Å². The number of anilines is 1. The summed E-state index contributed by atoms with van der Waals surface area (Å²) in [6.07, 6.45) is 0. The van der Waals surface area contributed by atoms with E-state index >= 15 is 0 Å². The lowest BCUT2D eigenvalue weighted by Crippen LogP contribution is -2.28. The molecule has 2 aromatic carbocycles. The van der Waals surface area contributed by atoms with Crippen LogP contribution in [-0.4, -0.2) is 17.1 Å². The fourth-order valence-electron chi connectivity index (χ4n) is 1.92. The lowest BCUT2D eigenvalue weighted by atomic mass is 10.1. The van der Waals surface area contributed by atoms with Crippen LogP contribution >= 0.6 is 15.9 Å². The molecule has 0 aromatic heterocycles. The van der Waals surface area contributed by atoms with Crippen LogP contribution in [0, 0.1) is 6.92 Å².